The summed E-state index contributed by atoms with van der Waals surface area (Å²) in [7, 11) is 0. The number of rotatable bonds is 2. The lowest BCUT2D eigenvalue weighted by molar-refractivity contribution is 0.0245. The smallest absolute Gasteiger partial charge is 0.264 e. The molecule has 0 spiro atoms. The van der Waals surface area contributed by atoms with E-state index in [1.165, 1.54) is 6.07 Å². The Morgan fingerprint density at radius 2 is 2.00 bits per heavy atom. The van der Waals surface area contributed by atoms with Gasteiger partial charge in [0.05, 0.1) is 12.7 Å². The van der Waals surface area contributed by atoms with Crippen LogP contribution in [0.5, 0.6) is 11.5 Å². The second kappa shape index (κ2) is 4.70. The molecule has 6 heteroatoms. The van der Waals surface area contributed by atoms with E-state index >= 15 is 0 Å². The van der Waals surface area contributed by atoms with E-state index in [2.05, 4.69) is 5.32 Å². The van der Waals surface area contributed by atoms with Gasteiger partial charge >= 0.3 is 0 Å². The van der Waals surface area contributed by atoms with Crippen LogP contribution < -0.4 is 14.8 Å². The lowest BCUT2D eigenvalue weighted by Crippen LogP contribution is -2.33. The van der Waals surface area contributed by atoms with Gasteiger partial charge in [-0.05, 0) is 17.7 Å². The second-order valence-electron chi connectivity index (χ2n) is 4.20. The number of ether oxygens (including phenoxy) is 3. The fraction of sp³-hybridized carbons (Fsp3) is 0.500. The highest BCUT2D eigenvalue weighted by molar-refractivity contribution is 5.50. The molecule has 2 heterocycles. The van der Waals surface area contributed by atoms with Crippen molar-refractivity contribution < 1.29 is 23.0 Å². The maximum atomic E-state index is 13.1. The lowest BCUT2D eigenvalue weighted by atomic mass is 10.0. The molecule has 2 aliphatic heterocycles. The van der Waals surface area contributed by atoms with Crippen molar-refractivity contribution in [3.05, 3.63) is 23.3 Å². The molecule has 1 aromatic rings. The van der Waals surface area contributed by atoms with E-state index in [0.717, 1.165) is 6.54 Å². The van der Waals surface area contributed by atoms with Crippen LogP contribution in [0.3, 0.4) is 0 Å². The Labute approximate surface area is 103 Å². The number of alkyl halides is 2. The minimum Gasteiger partial charge on any atom is -0.454 e. The van der Waals surface area contributed by atoms with E-state index in [4.69, 9.17) is 14.2 Å². The van der Waals surface area contributed by atoms with Crippen molar-refractivity contribution in [3.8, 4) is 11.5 Å². The molecule has 0 radical (unpaired) electrons. The first-order valence-corrected chi connectivity index (χ1v) is 5.79. The summed E-state index contributed by atoms with van der Waals surface area (Å²) in [6.07, 6.45) is -2.92. The third-order valence-corrected chi connectivity index (χ3v) is 3.09. The predicted molar refractivity (Wildman–Crippen MR) is 59.1 cm³/mol. The molecular weight excluding hydrogens is 244 g/mol. The molecule has 1 N–H and O–H groups in total. The topological polar surface area (TPSA) is 39.7 Å². The molecule has 0 bridgehead atoms. The molecule has 1 atom stereocenters. The van der Waals surface area contributed by atoms with Gasteiger partial charge in [-0.3, -0.25) is 0 Å². The summed E-state index contributed by atoms with van der Waals surface area (Å²) >= 11 is 0. The van der Waals surface area contributed by atoms with E-state index in [-0.39, 0.29) is 18.5 Å². The van der Waals surface area contributed by atoms with Crippen LogP contribution in [0, 0.1) is 0 Å². The zero-order chi connectivity index (χ0) is 12.5. The Kier molecular flexibility index (Phi) is 3.05. The molecule has 18 heavy (non-hydrogen) atoms. The van der Waals surface area contributed by atoms with Gasteiger partial charge in [-0.1, -0.05) is 0 Å². The van der Waals surface area contributed by atoms with Gasteiger partial charge in [-0.15, -0.1) is 0 Å². The average Bonchev–Trinajstić information content (AvgIpc) is 2.85. The van der Waals surface area contributed by atoms with Crippen LogP contribution >= 0.6 is 0 Å². The first-order chi connectivity index (χ1) is 8.75. The van der Waals surface area contributed by atoms with E-state index in [9.17, 15) is 8.78 Å². The van der Waals surface area contributed by atoms with Gasteiger partial charge in [-0.2, -0.15) is 0 Å². The zero-order valence-corrected chi connectivity index (χ0v) is 9.62. The largest absolute Gasteiger partial charge is 0.454 e. The molecule has 4 nitrogen and oxygen atoms in total. The van der Waals surface area contributed by atoms with Crippen LogP contribution in [-0.2, 0) is 4.74 Å². The Morgan fingerprint density at radius 1 is 1.22 bits per heavy atom. The van der Waals surface area contributed by atoms with E-state index in [1.54, 1.807) is 6.07 Å². The Morgan fingerprint density at radius 3 is 2.67 bits per heavy atom. The molecule has 0 amide bonds. The van der Waals surface area contributed by atoms with Crippen LogP contribution in [0.2, 0.25) is 0 Å². The van der Waals surface area contributed by atoms with Gasteiger partial charge in [0, 0.05) is 18.7 Å². The van der Waals surface area contributed by atoms with Crippen LogP contribution in [0.1, 0.15) is 23.7 Å². The van der Waals surface area contributed by atoms with Gasteiger partial charge in [0.1, 0.15) is 0 Å². The highest BCUT2D eigenvalue weighted by Gasteiger charge is 2.27. The number of nitrogens with one attached hydrogen (secondary N) is 1. The average molecular weight is 257 g/mol. The van der Waals surface area contributed by atoms with Gasteiger partial charge in [0.2, 0.25) is 6.79 Å². The Bertz CT molecular complexity index is 447. The normalized spacial score (nSPS) is 22.5. The van der Waals surface area contributed by atoms with Crippen LogP contribution in [0.25, 0.3) is 0 Å². The van der Waals surface area contributed by atoms with Crippen LogP contribution in [-0.4, -0.2) is 26.5 Å². The molecule has 0 aromatic heterocycles. The fourth-order valence-corrected chi connectivity index (χ4v) is 2.21. The van der Waals surface area contributed by atoms with E-state index in [0.29, 0.717) is 30.2 Å². The van der Waals surface area contributed by atoms with Gasteiger partial charge in [-0.25, -0.2) is 8.78 Å². The zero-order valence-electron chi connectivity index (χ0n) is 9.62. The van der Waals surface area contributed by atoms with Gasteiger partial charge < -0.3 is 19.5 Å². The third-order valence-electron chi connectivity index (χ3n) is 3.09. The molecule has 2 aliphatic rings. The van der Waals surface area contributed by atoms with Crippen molar-refractivity contribution in [1.82, 2.24) is 5.32 Å². The molecule has 0 saturated carbocycles. The van der Waals surface area contributed by atoms with Gasteiger partial charge in [0.25, 0.3) is 6.43 Å². The fourth-order valence-electron chi connectivity index (χ4n) is 2.21. The van der Waals surface area contributed by atoms with E-state index < -0.39 is 6.43 Å². The number of fused-ring (bicyclic) bond motifs is 1. The summed E-state index contributed by atoms with van der Waals surface area (Å²) in [4.78, 5) is 0. The molecule has 3 rings (SSSR count). The minimum atomic E-state index is -2.56. The molecule has 1 fully saturated rings. The molecule has 0 aliphatic carbocycles. The first-order valence-electron chi connectivity index (χ1n) is 5.79. The summed E-state index contributed by atoms with van der Waals surface area (Å²) in [5.74, 6) is 0.876. The van der Waals surface area contributed by atoms with Crippen LogP contribution in [0.4, 0.5) is 8.78 Å². The lowest BCUT2D eigenvalue weighted by Gasteiger charge is -2.26. The molecule has 1 saturated heterocycles. The summed E-state index contributed by atoms with van der Waals surface area (Å²) in [5, 5.41) is 3.13. The number of benzene rings is 1. The summed E-state index contributed by atoms with van der Waals surface area (Å²) in [5.41, 5.74) is 0.425. The quantitative estimate of drug-likeness (QED) is 0.879. The number of hydrogen-bond acceptors (Lipinski definition) is 4. The van der Waals surface area contributed by atoms with Crippen molar-refractivity contribution in [3.63, 3.8) is 0 Å². The maximum Gasteiger partial charge on any atom is 0.264 e. The monoisotopic (exact) mass is 257 g/mol. The predicted octanol–water partition coefficient (Wildman–Crippen LogP) is 2.01. The molecule has 98 valence electrons. The standard InChI is InChI=1S/C12H13F2NO3/c13-12(14)8-4-10-9(17-6-18-10)3-7(8)11-5-15-1-2-16-11/h3-4,11-12,15H,1-2,5-6H2. The van der Waals surface area contributed by atoms with Crippen molar-refractivity contribution in [1.29, 1.82) is 0 Å². The minimum absolute atomic E-state index is 0.0482. The number of morpholine rings is 1. The van der Waals surface area contributed by atoms with Crippen molar-refractivity contribution in [2.45, 2.75) is 12.5 Å². The highest BCUT2D eigenvalue weighted by Crippen LogP contribution is 2.40. The summed E-state index contributed by atoms with van der Waals surface area (Å²) < 4.78 is 42.0. The third kappa shape index (κ3) is 2.02. The Balaban J connectivity index is 2.00. The van der Waals surface area contributed by atoms with Gasteiger partial charge in [0.15, 0.2) is 11.5 Å². The van der Waals surface area contributed by atoms with Crippen LogP contribution in [0.15, 0.2) is 12.1 Å². The van der Waals surface area contributed by atoms with Crippen molar-refractivity contribution in [2.24, 2.45) is 0 Å². The summed E-state index contributed by atoms with van der Waals surface area (Å²) in [6, 6.07) is 2.95. The highest BCUT2D eigenvalue weighted by atomic mass is 19.3. The van der Waals surface area contributed by atoms with Crippen molar-refractivity contribution in [2.75, 3.05) is 26.5 Å². The number of halogens is 2. The second-order valence-corrected chi connectivity index (χ2v) is 4.20. The Hall–Kier alpha value is -1.40. The number of hydrogen-bond donors (Lipinski definition) is 1. The molecular formula is C12H13F2NO3. The first kappa shape index (κ1) is 11.7. The molecule has 1 unspecified atom stereocenters. The SMILES string of the molecule is FC(F)c1cc2c(cc1C1CNCCO1)OCO2. The molecule has 1 aromatic carbocycles. The summed E-state index contributed by atoms with van der Waals surface area (Å²) in [6.45, 7) is 1.86. The maximum absolute atomic E-state index is 13.1. The van der Waals surface area contributed by atoms with Crippen molar-refractivity contribution >= 4 is 0 Å². The van der Waals surface area contributed by atoms with E-state index in [1.807, 2.05) is 0 Å².